The first kappa shape index (κ1) is 10.7. The minimum atomic E-state index is -0.211. The zero-order chi connectivity index (χ0) is 10.8. The minimum Gasteiger partial charge on any atom is -0.392 e. The molecule has 84 valence electrons. The van der Waals surface area contributed by atoms with Crippen LogP contribution < -0.4 is 0 Å². The van der Waals surface area contributed by atoms with E-state index >= 15 is 0 Å². The topological polar surface area (TPSA) is 38.0 Å². The maximum atomic E-state index is 10.1. The third-order valence-corrected chi connectivity index (χ3v) is 3.61. The molecule has 0 saturated heterocycles. The lowest BCUT2D eigenvalue weighted by Gasteiger charge is -2.21. The van der Waals surface area contributed by atoms with Crippen molar-refractivity contribution in [1.82, 2.24) is 9.78 Å². The summed E-state index contributed by atoms with van der Waals surface area (Å²) in [5, 5.41) is 14.4. The number of aliphatic hydroxyl groups is 1. The molecule has 3 atom stereocenters. The summed E-state index contributed by atoms with van der Waals surface area (Å²) in [6, 6.07) is 1.99. The van der Waals surface area contributed by atoms with E-state index in [1.807, 2.05) is 19.3 Å². The second kappa shape index (κ2) is 4.35. The van der Waals surface area contributed by atoms with Crippen LogP contribution in [0.3, 0.4) is 0 Å². The van der Waals surface area contributed by atoms with Gasteiger partial charge >= 0.3 is 0 Å². The quantitative estimate of drug-likeness (QED) is 0.822. The molecule has 1 heterocycles. The van der Waals surface area contributed by atoms with Gasteiger partial charge in [-0.25, -0.2) is 0 Å². The van der Waals surface area contributed by atoms with Gasteiger partial charge < -0.3 is 5.11 Å². The molecular formula is C12H20N2O. The number of rotatable bonds is 3. The number of nitrogens with zero attached hydrogens (tertiary/aromatic N) is 2. The molecule has 1 saturated carbocycles. The summed E-state index contributed by atoms with van der Waals surface area (Å²) in [6.45, 7) is 2.25. The Morgan fingerprint density at radius 3 is 2.93 bits per heavy atom. The predicted octanol–water partition coefficient (Wildman–Crippen LogP) is 1.76. The van der Waals surface area contributed by atoms with Gasteiger partial charge in [-0.15, -0.1) is 0 Å². The van der Waals surface area contributed by atoms with Gasteiger partial charge in [0.05, 0.1) is 11.8 Å². The smallest absolute Gasteiger partial charge is 0.0650 e. The predicted molar refractivity (Wildman–Crippen MR) is 59.4 cm³/mol. The molecule has 0 radical (unpaired) electrons. The zero-order valence-electron chi connectivity index (χ0n) is 9.56. The van der Waals surface area contributed by atoms with Crippen molar-refractivity contribution >= 4 is 0 Å². The Bertz CT molecular complexity index is 321. The molecule has 3 unspecified atom stereocenters. The van der Waals surface area contributed by atoms with Crippen molar-refractivity contribution < 1.29 is 5.11 Å². The molecule has 1 aromatic rings. The molecule has 0 amide bonds. The molecule has 0 bridgehead atoms. The molecule has 0 aliphatic heterocycles. The van der Waals surface area contributed by atoms with Crippen LogP contribution in [0.2, 0.25) is 0 Å². The fourth-order valence-electron chi connectivity index (χ4n) is 2.68. The molecule has 0 spiro atoms. The van der Waals surface area contributed by atoms with Crippen LogP contribution in [0.5, 0.6) is 0 Å². The number of aryl methyl sites for hydroxylation is 1. The van der Waals surface area contributed by atoms with E-state index < -0.39 is 0 Å². The number of aromatic nitrogens is 2. The number of hydrogen-bond acceptors (Lipinski definition) is 2. The first-order chi connectivity index (χ1) is 7.16. The summed E-state index contributed by atoms with van der Waals surface area (Å²) in [5.74, 6) is 1.15. The normalized spacial score (nSPS) is 28.2. The Kier molecular flexibility index (Phi) is 3.10. The van der Waals surface area contributed by atoms with Crippen molar-refractivity contribution in [2.75, 3.05) is 0 Å². The minimum absolute atomic E-state index is 0.211. The van der Waals surface area contributed by atoms with Crippen molar-refractivity contribution in [3.05, 3.63) is 18.0 Å². The molecule has 1 aromatic heterocycles. The lowest BCUT2D eigenvalue weighted by molar-refractivity contribution is 0.0892. The van der Waals surface area contributed by atoms with Gasteiger partial charge in [-0.2, -0.15) is 5.10 Å². The van der Waals surface area contributed by atoms with E-state index in [2.05, 4.69) is 12.0 Å². The highest BCUT2D eigenvalue weighted by molar-refractivity contribution is 5.01. The summed E-state index contributed by atoms with van der Waals surface area (Å²) in [5.41, 5.74) is 1.00. The average Bonchev–Trinajstić information content (AvgIpc) is 2.75. The van der Waals surface area contributed by atoms with Gasteiger partial charge in [0.15, 0.2) is 0 Å². The highest BCUT2D eigenvalue weighted by Gasteiger charge is 2.29. The Hall–Kier alpha value is -0.830. The molecule has 0 aromatic carbocycles. The van der Waals surface area contributed by atoms with Crippen LogP contribution in [-0.4, -0.2) is 21.0 Å². The molecule has 1 N–H and O–H groups in total. The van der Waals surface area contributed by atoms with Gasteiger partial charge in [-0.3, -0.25) is 4.68 Å². The zero-order valence-corrected chi connectivity index (χ0v) is 9.56. The van der Waals surface area contributed by atoms with Gasteiger partial charge in [0.1, 0.15) is 0 Å². The lowest BCUT2D eigenvalue weighted by atomic mass is 9.90. The van der Waals surface area contributed by atoms with E-state index in [0.717, 1.165) is 5.69 Å². The first-order valence-electron chi connectivity index (χ1n) is 5.83. The van der Waals surface area contributed by atoms with Crippen molar-refractivity contribution in [3.8, 4) is 0 Å². The molecule has 3 heteroatoms. The van der Waals surface area contributed by atoms with Crippen LogP contribution >= 0.6 is 0 Å². The summed E-state index contributed by atoms with van der Waals surface area (Å²) in [7, 11) is 1.91. The molecule has 2 rings (SSSR count). The Morgan fingerprint density at radius 1 is 1.60 bits per heavy atom. The van der Waals surface area contributed by atoms with Gasteiger partial charge in [-0.05, 0) is 24.3 Å². The molecule has 1 aliphatic rings. The fourth-order valence-corrected chi connectivity index (χ4v) is 2.68. The third-order valence-electron chi connectivity index (χ3n) is 3.61. The van der Waals surface area contributed by atoms with E-state index in [0.29, 0.717) is 18.3 Å². The standard InChI is InChI=1S/C12H20N2O/c1-9-4-3-5-11(9)12(15)8-10-6-7-14(2)13-10/h6-7,9,11-12,15H,3-5,8H2,1-2H3. The maximum Gasteiger partial charge on any atom is 0.0650 e. The maximum absolute atomic E-state index is 10.1. The Labute approximate surface area is 91.1 Å². The van der Waals surface area contributed by atoms with Crippen LogP contribution in [0.1, 0.15) is 31.9 Å². The summed E-state index contributed by atoms with van der Waals surface area (Å²) in [4.78, 5) is 0. The van der Waals surface area contributed by atoms with Crippen molar-refractivity contribution in [2.45, 2.75) is 38.7 Å². The van der Waals surface area contributed by atoms with Crippen LogP contribution in [0.4, 0.5) is 0 Å². The fraction of sp³-hybridized carbons (Fsp3) is 0.750. The van der Waals surface area contributed by atoms with Gasteiger partial charge in [0.2, 0.25) is 0 Å². The highest BCUT2D eigenvalue weighted by Crippen LogP contribution is 2.34. The van der Waals surface area contributed by atoms with E-state index in [4.69, 9.17) is 0 Å². The largest absolute Gasteiger partial charge is 0.392 e. The molecule has 15 heavy (non-hydrogen) atoms. The molecular weight excluding hydrogens is 188 g/mol. The van der Waals surface area contributed by atoms with Crippen molar-refractivity contribution in [2.24, 2.45) is 18.9 Å². The van der Waals surface area contributed by atoms with E-state index in [9.17, 15) is 5.11 Å². The number of hydrogen-bond donors (Lipinski definition) is 1. The Morgan fingerprint density at radius 2 is 2.40 bits per heavy atom. The van der Waals surface area contributed by atoms with Gasteiger partial charge in [0.25, 0.3) is 0 Å². The second-order valence-corrected chi connectivity index (χ2v) is 4.82. The SMILES string of the molecule is CC1CCCC1C(O)Cc1ccn(C)n1. The highest BCUT2D eigenvalue weighted by atomic mass is 16.3. The summed E-state index contributed by atoms with van der Waals surface area (Å²) in [6.07, 6.45) is 6.14. The van der Waals surface area contributed by atoms with Crippen molar-refractivity contribution in [3.63, 3.8) is 0 Å². The average molecular weight is 208 g/mol. The van der Waals surface area contributed by atoms with Crippen LogP contribution in [0, 0.1) is 11.8 Å². The molecule has 3 nitrogen and oxygen atoms in total. The van der Waals surface area contributed by atoms with Gasteiger partial charge in [-0.1, -0.05) is 19.8 Å². The van der Waals surface area contributed by atoms with Crippen LogP contribution in [0.15, 0.2) is 12.3 Å². The summed E-state index contributed by atoms with van der Waals surface area (Å²) < 4.78 is 1.79. The first-order valence-corrected chi connectivity index (χ1v) is 5.83. The summed E-state index contributed by atoms with van der Waals surface area (Å²) >= 11 is 0. The molecule has 1 aliphatic carbocycles. The van der Waals surface area contributed by atoms with Gasteiger partial charge in [0, 0.05) is 19.7 Å². The van der Waals surface area contributed by atoms with E-state index in [1.54, 1.807) is 4.68 Å². The van der Waals surface area contributed by atoms with Crippen LogP contribution in [-0.2, 0) is 13.5 Å². The van der Waals surface area contributed by atoms with Crippen LogP contribution in [0.25, 0.3) is 0 Å². The lowest BCUT2D eigenvalue weighted by Crippen LogP contribution is -2.25. The van der Waals surface area contributed by atoms with Crippen molar-refractivity contribution in [1.29, 1.82) is 0 Å². The molecule has 1 fully saturated rings. The Balaban J connectivity index is 1.94. The third kappa shape index (κ3) is 2.40. The second-order valence-electron chi connectivity index (χ2n) is 4.82. The van der Waals surface area contributed by atoms with E-state index in [-0.39, 0.29) is 6.10 Å². The number of aliphatic hydroxyl groups excluding tert-OH is 1. The van der Waals surface area contributed by atoms with E-state index in [1.165, 1.54) is 19.3 Å². The monoisotopic (exact) mass is 208 g/mol.